The second-order valence-corrected chi connectivity index (χ2v) is 9.90. The molecule has 0 heterocycles. The molecule has 0 fully saturated rings. The fourth-order valence-electron chi connectivity index (χ4n) is 4.28. The van der Waals surface area contributed by atoms with Crippen molar-refractivity contribution in [3.05, 3.63) is 0 Å². The fraction of sp³-hybridized carbons (Fsp3) is 1.00. The number of nitrogens with zero attached hydrogens (tertiary/aromatic N) is 1. The van der Waals surface area contributed by atoms with Crippen molar-refractivity contribution in [3.8, 4) is 0 Å². The van der Waals surface area contributed by atoms with Crippen LogP contribution in [-0.4, -0.2) is 28.1 Å². The molecule has 18 heavy (non-hydrogen) atoms. The topological polar surface area (TPSA) is 0 Å². The Balaban J connectivity index is 5.77. The van der Waals surface area contributed by atoms with E-state index in [1.54, 1.807) is 0 Å². The van der Waals surface area contributed by atoms with Gasteiger partial charge in [0.1, 0.15) is 0 Å². The van der Waals surface area contributed by atoms with Gasteiger partial charge in [-0.15, -0.1) is 0 Å². The van der Waals surface area contributed by atoms with Gasteiger partial charge < -0.3 is 4.48 Å². The molecule has 0 aromatic rings. The number of quaternary nitrogens is 1. The Kier molecular flexibility index (Phi) is 4.50. The Bertz CT molecular complexity index is 264. The van der Waals surface area contributed by atoms with Crippen LogP contribution in [0.1, 0.15) is 82.6 Å². The summed E-state index contributed by atoms with van der Waals surface area (Å²) in [7, 11) is 2.44. The predicted molar refractivity (Wildman–Crippen MR) is 83.8 cm³/mol. The molecule has 0 amide bonds. The van der Waals surface area contributed by atoms with Crippen LogP contribution in [0.25, 0.3) is 0 Å². The van der Waals surface area contributed by atoms with Gasteiger partial charge in [-0.3, -0.25) is 0 Å². The highest BCUT2D eigenvalue weighted by Gasteiger charge is 2.55. The van der Waals surface area contributed by atoms with Crippen LogP contribution in [0.5, 0.6) is 0 Å². The summed E-state index contributed by atoms with van der Waals surface area (Å²) in [6.45, 7) is 26.2. The molecule has 0 N–H and O–H groups in total. The molecule has 0 saturated carbocycles. The van der Waals surface area contributed by atoms with Crippen molar-refractivity contribution in [2.45, 2.75) is 99.2 Å². The molecular formula is C17H38N+. The zero-order valence-electron chi connectivity index (χ0n) is 15.2. The molecule has 0 aromatic carbocycles. The summed E-state index contributed by atoms with van der Waals surface area (Å²) in [5.74, 6) is 0. The highest BCUT2D eigenvalue weighted by Crippen LogP contribution is 2.46. The van der Waals surface area contributed by atoms with Crippen molar-refractivity contribution in [2.75, 3.05) is 7.05 Å². The third-order valence-electron chi connectivity index (χ3n) is 4.86. The van der Waals surface area contributed by atoms with Crippen molar-refractivity contribution in [2.24, 2.45) is 5.41 Å². The monoisotopic (exact) mass is 256 g/mol. The minimum absolute atomic E-state index is 0.229. The SMILES string of the molecule is CC(C)(C)CC(C)(C)[N+](C)(C(C)(C)C)C(C)(C)C. The Labute approximate surface area is 117 Å². The van der Waals surface area contributed by atoms with Crippen LogP contribution < -0.4 is 0 Å². The lowest BCUT2D eigenvalue weighted by molar-refractivity contribution is -1.03. The van der Waals surface area contributed by atoms with E-state index in [0.717, 1.165) is 4.48 Å². The standard InChI is InChI=1S/C17H38N/c1-14(2,3)13-17(10,11)18(12,15(4,5)6)16(7,8)9/h13H2,1-12H3/q+1. The molecule has 0 radical (unpaired) electrons. The zero-order chi connectivity index (χ0) is 15.2. The zero-order valence-corrected chi connectivity index (χ0v) is 15.2. The average Bonchev–Trinajstić information content (AvgIpc) is 1.92. The van der Waals surface area contributed by atoms with Gasteiger partial charge in [-0.1, -0.05) is 20.8 Å². The van der Waals surface area contributed by atoms with Gasteiger partial charge in [-0.2, -0.15) is 0 Å². The van der Waals surface area contributed by atoms with Crippen molar-refractivity contribution >= 4 is 0 Å². The van der Waals surface area contributed by atoms with Gasteiger partial charge >= 0.3 is 0 Å². The van der Waals surface area contributed by atoms with E-state index >= 15 is 0 Å². The molecular weight excluding hydrogens is 218 g/mol. The molecule has 0 saturated heterocycles. The maximum absolute atomic E-state index is 2.44. The molecule has 0 aliphatic rings. The summed E-state index contributed by atoms with van der Waals surface area (Å²) in [6.07, 6.45) is 1.23. The van der Waals surface area contributed by atoms with Crippen LogP contribution >= 0.6 is 0 Å². The minimum atomic E-state index is 0.229. The van der Waals surface area contributed by atoms with Crippen LogP contribution in [0.4, 0.5) is 0 Å². The van der Waals surface area contributed by atoms with Gasteiger partial charge in [0.25, 0.3) is 0 Å². The lowest BCUT2D eigenvalue weighted by Gasteiger charge is -2.63. The van der Waals surface area contributed by atoms with E-state index in [0.29, 0.717) is 5.41 Å². The number of hydrogen-bond acceptors (Lipinski definition) is 0. The van der Waals surface area contributed by atoms with Crippen molar-refractivity contribution in [1.82, 2.24) is 0 Å². The minimum Gasteiger partial charge on any atom is -0.313 e. The second-order valence-electron chi connectivity index (χ2n) is 9.90. The van der Waals surface area contributed by atoms with E-state index in [-0.39, 0.29) is 16.6 Å². The Morgan fingerprint density at radius 2 is 0.889 bits per heavy atom. The summed E-state index contributed by atoms with van der Waals surface area (Å²) in [6, 6.07) is 0. The van der Waals surface area contributed by atoms with Gasteiger partial charge in [-0.25, -0.2) is 0 Å². The molecule has 1 heteroatoms. The molecule has 0 unspecified atom stereocenters. The molecule has 0 aliphatic carbocycles. The van der Waals surface area contributed by atoms with Crippen LogP contribution in [-0.2, 0) is 0 Å². The van der Waals surface area contributed by atoms with E-state index < -0.39 is 0 Å². The first-order valence-electron chi connectivity index (χ1n) is 7.33. The first kappa shape index (κ1) is 18.0. The highest BCUT2D eigenvalue weighted by atomic mass is 15.5. The fourth-order valence-corrected chi connectivity index (χ4v) is 4.28. The Morgan fingerprint density at radius 3 is 1.06 bits per heavy atom. The van der Waals surface area contributed by atoms with E-state index in [2.05, 4.69) is 83.2 Å². The second kappa shape index (κ2) is 4.51. The van der Waals surface area contributed by atoms with Crippen LogP contribution in [0.2, 0.25) is 0 Å². The van der Waals surface area contributed by atoms with E-state index in [4.69, 9.17) is 0 Å². The summed E-state index contributed by atoms with van der Waals surface area (Å²) >= 11 is 0. The van der Waals surface area contributed by atoms with Gasteiger partial charge in [0.2, 0.25) is 0 Å². The van der Waals surface area contributed by atoms with E-state index in [1.807, 2.05) is 0 Å². The van der Waals surface area contributed by atoms with Crippen LogP contribution in [0.3, 0.4) is 0 Å². The summed E-state index contributed by atoms with van der Waals surface area (Å²) in [5, 5.41) is 0. The molecule has 1 nitrogen and oxygen atoms in total. The van der Waals surface area contributed by atoms with Crippen molar-refractivity contribution in [3.63, 3.8) is 0 Å². The van der Waals surface area contributed by atoms with Gasteiger partial charge in [0.15, 0.2) is 0 Å². The molecule has 0 aliphatic heterocycles. The Hall–Kier alpha value is -0.0400. The van der Waals surface area contributed by atoms with E-state index in [1.165, 1.54) is 6.42 Å². The molecule has 110 valence electrons. The van der Waals surface area contributed by atoms with Gasteiger partial charge in [0.05, 0.1) is 23.7 Å². The highest BCUT2D eigenvalue weighted by molar-refractivity contribution is 4.86. The summed E-state index contributed by atoms with van der Waals surface area (Å²) < 4.78 is 1.07. The maximum Gasteiger partial charge on any atom is 0.0946 e. The number of rotatable bonds is 2. The lowest BCUT2D eigenvalue weighted by Crippen LogP contribution is -2.75. The third kappa shape index (κ3) is 3.29. The van der Waals surface area contributed by atoms with Crippen molar-refractivity contribution in [1.29, 1.82) is 0 Å². The van der Waals surface area contributed by atoms with Crippen molar-refractivity contribution < 1.29 is 4.48 Å². The quantitative estimate of drug-likeness (QED) is 0.592. The van der Waals surface area contributed by atoms with Gasteiger partial charge in [-0.05, 0) is 60.8 Å². The molecule has 0 spiro atoms. The average molecular weight is 256 g/mol. The predicted octanol–water partition coefficient (Wildman–Crippen LogP) is 5.24. The third-order valence-corrected chi connectivity index (χ3v) is 4.86. The molecule has 0 rings (SSSR count). The van der Waals surface area contributed by atoms with E-state index in [9.17, 15) is 0 Å². The summed E-state index contributed by atoms with van der Waals surface area (Å²) in [4.78, 5) is 0. The van der Waals surface area contributed by atoms with Crippen LogP contribution in [0.15, 0.2) is 0 Å². The first-order valence-corrected chi connectivity index (χ1v) is 7.33. The Morgan fingerprint density at radius 1 is 0.611 bits per heavy atom. The summed E-state index contributed by atoms with van der Waals surface area (Å²) in [5.41, 5.74) is 1.06. The van der Waals surface area contributed by atoms with Crippen LogP contribution in [0, 0.1) is 5.41 Å². The number of hydrogen-bond donors (Lipinski definition) is 0. The maximum atomic E-state index is 2.44. The largest absolute Gasteiger partial charge is 0.313 e. The first-order chi connectivity index (χ1) is 7.46. The molecule has 0 aromatic heterocycles. The lowest BCUT2D eigenvalue weighted by atomic mass is 9.74. The molecule has 0 atom stereocenters. The van der Waals surface area contributed by atoms with Gasteiger partial charge in [0, 0.05) is 6.42 Å². The smallest absolute Gasteiger partial charge is 0.0946 e. The molecule has 0 bridgehead atoms. The normalized spacial score (nSPS) is 16.0.